The number of nitrogens with zero attached hydrogens (tertiary/aromatic N) is 1. The molecule has 1 aliphatic rings. The van der Waals surface area contributed by atoms with Crippen LogP contribution < -0.4 is 15.4 Å². The van der Waals surface area contributed by atoms with Crippen LogP contribution in [0.3, 0.4) is 0 Å². The van der Waals surface area contributed by atoms with Crippen LogP contribution in [-0.2, 0) is 4.79 Å². The van der Waals surface area contributed by atoms with Gasteiger partial charge >= 0.3 is 0 Å². The molecule has 1 saturated heterocycles. The lowest BCUT2D eigenvalue weighted by atomic mass is 10.0. The van der Waals surface area contributed by atoms with Crippen molar-refractivity contribution in [1.29, 1.82) is 0 Å². The van der Waals surface area contributed by atoms with E-state index in [0.717, 1.165) is 18.5 Å². The normalized spacial score (nSPS) is 20.5. The molecule has 0 aromatic heterocycles. The van der Waals surface area contributed by atoms with Crippen LogP contribution in [-0.4, -0.2) is 19.1 Å². The van der Waals surface area contributed by atoms with Crippen LogP contribution in [0.25, 0.3) is 0 Å². The molecule has 2 rings (SSSR count). The number of hydrogen-bond donors (Lipinski definition) is 1. The van der Waals surface area contributed by atoms with Gasteiger partial charge in [-0.3, -0.25) is 4.79 Å². The molecule has 1 fully saturated rings. The quantitative estimate of drug-likeness (QED) is 0.798. The Kier molecular flexibility index (Phi) is 3.22. The van der Waals surface area contributed by atoms with Crippen molar-refractivity contribution in [3.05, 3.63) is 18.2 Å². The first-order chi connectivity index (χ1) is 8.13. The number of methoxy groups -OCH3 is 1. The highest BCUT2D eigenvalue weighted by Gasteiger charge is 2.26. The molecule has 0 bridgehead atoms. The maximum atomic E-state index is 11.9. The first kappa shape index (κ1) is 11.8. The van der Waals surface area contributed by atoms with Crippen molar-refractivity contribution >= 4 is 17.3 Å². The number of rotatable bonds is 2. The van der Waals surface area contributed by atoms with Crippen molar-refractivity contribution in [3.8, 4) is 5.75 Å². The van der Waals surface area contributed by atoms with Gasteiger partial charge in [0, 0.05) is 18.2 Å². The van der Waals surface area contributed by atoms with Crippen molar-refractivity contribution < 1.29 is 9.53 Å². The summed E-state index contributed by atoms with van der Waals surface area (Å²) in [5.41, 5.74) is 7.29. The molecule has 4 heteroatoms. The van der Waals surface area contributed by atoms with Crippen LogP contribution in [0.5, 0.6) is 5.75 Å². The Morgan fingerprint density at radius 1 is 1.47 bits per heavy atom. The second kappa shape index (κ2) is 4.65. The Hall–Kier alpha value is -1.71. The highest BCUT2D eigenvalue weighted by molar-refractivity contribution is 5.95. The number of ether oxygens (including phenoxy) is 1. The minimum Gasteiger partial charge on any atom is -0.495 e. The Labute approximate surface area is 101 Å². The Morgan fingerprint density at radius 2 is 2.24 bits per heavy atom. The van der Waals surface area contributed by atoms with Crippen LogP contribution in [0.1, 0.15) is 26.2 Å². The topological polar surface area (TPSA) is 55.6 Å². The Morgan fingerprint density at radius 3 is 2.82 bits per heavy atom. The van der Waals surface area contributed by atoms with E-state index < -0.39 is 0 Å². The third-order valence-electron chi connectivity index (χ3n) is 3.21. The number of carbonyl (C=O) groups excluding carboxylic acids is 1. The summed E-state index contributed by atoms with van der Waals surface area (Å²) in [6.45, 7) is 2.07. The maximum Gasteiger partial charge on any atom is 0.227 e. The molecule has 1 aromatic carbocycles. The van der Waals surface area contributed by atoms with Gasteiger partial charge in [0.1, 0.15) is 5.75 Å². The zero-order valence-electron chi connectivity index (χ0n) is 10.3. The molecule has 4 nitrogen and oxygen atoms in total. The van der Waals surface area contributed by atoms with Crippen molar-refractivity contribution in [1.82, 2.24) is 0 Å². The van der Waals surface area contributed by atoms with E-state index in [1.165, 1.54) is 0 Å². The van der Waals surface area contributed by atoms with E-state index in [4.69, 9.17) is 10.5 Å². The Balaban J connectivity index is 2.32. The molecule has 0 radical (unpaired) electrons. The van der Waals surface area contributed by atoms with Gasteiger partial charge in [-0.1, -0.05) is 0 Å². The van der Waals surface area contributed by atoms with Gasteiger partial charge in [-0.05, 0) is 38.0 Å². The van der Waals surface area contributed by atoms with Crippen LogP contribution >= 0.6 is 0 Å². The van der Waals surface area contributed by atoms with Gasteiger partial charge in [0.25, 0.3) is 0 Å². The van der Waals surface area contributed by atoms with Gasteiger partial charge in [-0.2, -0.15) is 0 Å². The largest absolute Gasteiger partial charge is 0.495 e. The van der Waals surface area contributed by atoms with Gasteiger partial charge in [0.15, 0.2) is 0 Å². The summed E-state index contributed by atoms with van der Waals surface area (Å²) >= 11 is 0. The fourth-order valence-corrected chi connectivity index (χ4v) is 2.31. The Bertz CT molecular complexity index is 431. The number of nitrogen functional groups attached to an aromatic ring is 1. The minimum atomic E-state index is 0.174. The number of carbonyl (C=O) groups is 1. The van der Waals surface area contributed by atoms with E-state index in [0.29, 0.717) is 17.9 Å². The lowest BCUT2D eigenvalue weighted by molar-refractivity contribution is -0.120. The van der Waals surface area contributed by atoms with E-state index in [1.807, 2.05) is 11.0 Å². The van der Waals surface area contributed by atoms with E-state index >= 15 is 0 Å². The summed E-state index contributed by atoms with van der Waals surface area (Å²) in [5.74, 6) is 0.819. The number of amides is 1. The maximum absolute atomic E-state index is 11.9. The predicted octanol–water partition coefficient (Wildman–Crippen LogP) is 2.18. The molecule has 1 aliphatic heterocycles. The highest BCUT2D eigenvalue weighted by Crippen LogP contribution is 2.31. The lowest BCUT2D eigenvalue weighted by Crippen LogP contribution is -2.42. The van der Waals surface area contributed by atoms with Crippen molar-refractivity contribution in [2.45, 2.75) is 32.2 Å². The number of benzene rings is 1. The van der Waals surface area contributed by atoms with Crippen LogP contribution in [0, 0.1) is 0 Å². The van der Waals surface area contributed by atoms with Crippen molar-refractivity contribution in [3.63, 3.8) is 0 Å². The standard InChI is InChI=1S/C13H18N2O2/c1-9-4-3-5-13(16)15(9)10-6-7-12(17-2)11(14)8-10/h6-9H,3-5,14H2,1-2H3. The van der Waals surface area contributed by atoms with Crippen LogP contribution in [0.15, 0.2) is 18.2 Å². The fourth-order valence-electron chi connectivity index (χ4n) is 2.31. The van der Waals surface area contributed by atoms with Gasteiger partial charge in [0.05, 0.1) is 12.8 Å². The van der Waals surface area contributed by atoms with E-state index in [9.17, 15) is 4.79 Å². The number of anilines is 2. The molecule has 2 N–H and O–H groups in total. The van der Waals surface area contributed by atoms with Gasteiger partial charge < -0.3 is 15.4 Å². The molecule has 92 valence electrons. The summed E-state index contributed by atoms with van der Waals surface area (Å²) < 4.78 is 5.11. The second-order valence-electron chi connectivity index (χ2n) is 4.43. The van der Waals surface area contributed by atoms with Crippen LogP contribution in [0.2, 0.25) is 0 Å². The summed E-state index contributed by atoms with van der Waals surface area (Å²) in [6, 6.07) is 5.73. The van der Waals surface area contributed by atoms with E-state index in [-0.39, 0.29) is 11.9 Å². The zero-order chi connectivity index (χ0) is 12.4. The SMILES string of the molecule is COc1ccc(N2C(=O)CCCC2C)cc1N. The molecule has 0 saturated carbocycles. The average molecular weight is 234 g/mol. The van der Waals surface area contributed by atoms with E-state index in [1.54, 1.807) is 19.2 Å². The fraction of sp³-hybridized carbons (Fsp3) is 0.462. The molecule has 0 aliphatic carbocycles. The first-order valence-corrected chi connectivity index (χ1v) is 5.89. The lowest BCUT2D eigenvalue weighted by Gasteiger charge is -2.33. The summed E-state index contributed by atoms with van der Waals surface area (Å²) in [4.78, 5) is 13.8. The third kappa shape index (κ3) is 2.20. The van der Waals surface area contributed by atoms with Gasteiger partial charge in [-0.25, -0.2) is 0 Å². The number of hydrogen-bond acceptors (Lipinski definition) is 3. The summed E-state index contributed by atoms with van der Waals surface area (Å²) in [5, 5.41) is 0. The third-order valence-corrected chi connectivity index (χ3v) is 3.21. The molecule has 1 aromatic rings. The van der Waals surface area contributed by atoms with E-state index in [2.05, 4.69) is 6.92 Å². The number of nitrogens with two attached hydrogens (primary N) is 1. The zero-order valence-corrected chi connectivity index (χ0v) is 10.3. The molecule has 1 unspecified atom stereocenters. The van der Waals surface area contributed by atoms with Crippen LogP contribution in [0.4, 0.5) is 11.4 Å². The first-order valence-electron chi connectivity index (χ1n) is 5.89. The van der Waals surface area contributed by atoms with Crippen molar-refractivity contribution in [2.24, 2.45) is 0 Å². The van der Waals surface area contributed by atoms with Gasteiger partial charge in [-0.15, -0.1) is 0 Å². The average Bonchev–Trinajstić information content (AvgIpc) is 2.29. The summed E-state index contributed by atoms with van der Waals surface area (Å²) in [7, 11) is 1.58. The molecule has 1 amide bonds. The number of piperidine rings is 1. The molecule has 1 atom stereocenters. The molecule has 1 heterocycles. The molecule has 0 spiro atoms. The predicted molar refractivity (Wildman–Crippen MR) is 68.2 cm³/mol. The smallest absolute Gasteiger partial charge is 0.227 e. The van der Waals surface area contributed by atoms with Crippen molar-refractivity contribution in [2.75, 3.05) is 17.7 Å². The monoisotopic (exact) mass is 234 g/mol. The molecular formula is C13H18N2O2. The second-order valence-corrected chi connectivity index (χ2v) is 4.43. The minimum absolute atomic E-state index is 0.174. The highest BCUT2D eigenvalue weighted by atomic mass is 16.5. The van der Waals surface area contributed by atoms with Gasteiger partial charge in [0.2, 0.25) is 5.91 Å². The summed E-state index contributed by atoms with van der Waals surface area (Å²) in [6.07, 6.45) is 2.64. The molecule has 17 heavy (non-hydrogen) atoms. The molecular weight excluding hydrogens is 216 g/mol.